The van der Waals surface area contributed by atoms with Crippen molar-refractivity contribution in [3.8, 4) is 0 Å². The molecule has 2 aromatic heterocycles. The van der Waals surface area contributed by atoms with Crippen LogP contribution in [0.15, 0.2) is 31.8 Å². The van der Waals surface area contributed by atoms with E-state index in [-0.39, 0.29) is 22.1 Å². The number of H-pyrrole nitrogens is 1. The zero-order valence-electron chi connectivity index (χ0n) is 9.38. The number of anilines is 1. The van der Waals surface area contributed by atoms with Gasteiger partial charge in [0.05, 0.1) is 6.54 Å². The van der Waals surface area contributed by atoms with Crippen LogP contribution in [0.1, 0.15) is 5.69 Å². The Morgan fingerprint density at radius 3 is 2.89 bits per heavy atom. The molecule has 2 rings (SSSR count). The highest BCUT2D eigenvalue weighted by Gasteiger charge is 2.18. The predicted molar refractivity (Wildman–Crippen MR) is 75.3 cm³/mol. The van der Waals surface area contributed by atoms with Crippen LogP contribution in [0.3, 0.4) is 0 Å². The summed E-state index contributed by atoms with van der Waals surface area (Å²) in [5.41, 5.74) is 6.03. The number of pyridine rings is 1. The van der Waals surface area contributed by atoms with E-state index in [1.807, 2.05) is 0 Å². The summed E-state index contributed by atoms with van der Waals surface area (Å²) < 4.78 is 26.9. The third-order valence-corrected chi connectivity index (χ3v) is 4.74. The Labute approximate surface area is 121 Å². The SMILES string of the molecule is Nc1ncc(Br)cc1S(=O)(=O)NCc1csc(=O)[nH]1. The Morgan fingerprint density at radius 2 is 2.26 bits per heavy atom. The van der Waals surface area contributed by atoms with Gasteiger partial charge in [-0.05, 0) is 22.0 Å². The van der Waals surface area contributed by atoms with Gasteiger partial charge in [-0.25, -0.2) is 18.1 Å². The van der Waals surface area contributed by atoms with Crippen LogP contribution in [0.2, 0.25) is 0 Å². The molecule has 0 radical (unpaired) electrons. The first kappa shape index (κ1) is 14.2. The van der Waals surface area contributed by atoms with Crippen LogP contribution in [-0.4, -0.2) is 18.4 Å². The summed E-state index contributed by atoms with van der Waals surface area (Å²) in [4.78, 5) is 16.8. The average Bonchev–Trinajstić information content (AvgIpc) is 2.76. The van der Waals surface area contributed by atoms with Crippen molar-refractivity contribution < 1.29 is 8.42 Å². The molecule has 0 aliphatic heterocycles. The second-order valence-corrected chi connectivity index (χ2v) is 7.03. The Hall–Kier alpha value is -1.23. The minimum Gasteiger partial charge on any atom is -0.383 e. The maximum Gasteiger partial charge on any atom is 0.304 e. The largest absolute Gasteiger partial charge is 0.383 e. The van der Waals surface area contributed by atoms with E-state index < -0.39 is 10.0 Å². The van der Waals surface area contributed by atoms with E-state index in [0.717, 1.165) is 11.3 Å². The topological polar surface area (TPSA) is 118 Å². The third-order valence-electron chi connectivity index (χ3n) is 2.16. The van der Waals surface area contributed by atoms with Crippen molar-refractivity contribution in [1.29, 1.82) is 0 Å². The number of nitrogens with two attached hydrogens (primary N) is 1. The van der Waals surface area contributed by atoms with Gasteiger partial charge in [-0.2, -0.15) is 0 Å². The lowest BCUT2D eigenvalue weighted by atomic mass is 10.5. The molecule has 0 aliphatic carbocycles. The lowest BCUT2D eigenvalue weighted by molar-refractivity contribution is 0.580. The van der Waals surface area contributed by atoms with Gasteiger partial charge in [-0.1, -0.05) is 11.3 Å². The standard InChI is InChI=1S/C9H9BrN4O3S2/c10-5-1-7(8(11)12-2-5)19(16,17)13-3-6-4-18-9(15)14-6/h1-2,4,13H,3H2,(H2,11,12)(H,14,15). The van der Waals surface area contributed by atoms with Crippen LogP contribution >= 0.6 is 27.3 Å². The van der Waals surface area contributed by atoms with Crippen LogP contribution in [0.4, 0.5) is 5.82 Å². The lowest BCUT2D eigenvalue weighted by Gasteiger charge is -2.07. The molecule has 0 saturated carbocycles. The summed E-state index contributed by atoms with van der Waals surface area (Å²) in [7, 11) is -3.79. The van der Waals surface area contributed by atoms with Crippen molar-refractivity contribution >= 4 is 43.1 Å². The van der Waals surface area contributed by atoms with Crippen molar-refractivity contribution in [3.63, 3.8) is 0 Å². The van der Waals surface area contributed by atoms with Gasteiger partial charge >= 0.3 is 4.87 Å². The smallest absolute Gasteiger partial charge is 0.304 e. The van der Waals surface area contributed by atoms with E-state index in [4.69, 9.17) is 5.73 Å². The fourth-order valence-electron chi connectivity index (χ4n) is 1.30. The van der Waals surface area contributed by atoms with E-state index >= 15 is 0 Å². The van der Waals surface area contributed by atoms with E-state index in [0.29, 0.717) is 10.2 Å². The quantitative estimate of drug-likeness (QED) is 0.736. The molecule has 0 atom stereocenters. The van der Waals surface area contributed by atoms with Crippen molar-refractivity contribution in [3.05, 3.63) is 37.5 Å². The first-order chi connectivity index (χ1) is 8.88. The molecule has 0 spiro atoms. The number of nitrogens with zero attached hydrogens (tertiary/aromatic N) is 1. The Balaban J connectivity index is 2.23. The monoisotopic (exact) mass is 364 g/mol. The van der Waals surface area contributed by atoms with Crippen LogP contribution in [0, 0.1) is 0 Å². The minimum atomic E-state index is -3.79. The number of sulfonamides is 1. The molecule has 0 saturated heterocycles. The molecule has 2 aromatic rings. The molecule has 0 aliphatic rings. The average molecular weight is 365 g/mol. The molecule has 2 heterocycles. The van der Waals surface area contributed by atoms with Crippen LogP contribution in [0.5, 0.6) is 0 Å². The Bertz CT molecular complexity index is 753. The highest BCUT2D eigenvalue weighted by atomic mass is 79.9. The molecular formula is C9H9BrN4O3S2. The maximum absolute atomic E-state index is 12.0. The van der Waals surface area contributed by atoms with E-state index in [9.17, 15) is 13.2 Å². The van der Waals surface area contributed by atoms with E-state index in [1.165, 1.54) is 12.3 Å². The molecule has 19 heavy (non-hydrogen) atoms. The normalized spacial score (nSPS) is 11.6. The highest BCUT2D eigenvalue weighted by Crippen LogP contribution is 2.20. The third kappa shape index (κ3) is 3.41. The molecular weight excluding hydrogens is 356 g/mol. The van der Waals surface area contributed by atoms with E-state index in [2.05, 4.69) is 30.6 Å². The molecule has 4 N–H and O–H groups in total. The summed E-state index contributed by atoms with van der Waals surface area (Å²) in [5.74, 6) is -0.0884. The second-order valence-electron chi connectivity index (χ2n) is 3.53. The Kier molecular flexibility index (Phi) is 4.04. The number of thiazole rings is 1. The molecule has 0 unspecified atom stereocenters. The van der Waals surface area contributed by atoms with Gasteiger partial charge in [0.2, 0.25) is 10.0 Å². The van der Waals surface area contributed by atoms with Gasteiger partial charge in [0.1, 0.15) is 10.7 Å². The zero-order chi connectivity index (χ0) is 14.0. The fourth-order valence-corrected chi connectivity index (χ4v) is 3.47. The van der Waals surface area contributed by atoms with Gasteiger partial charge in [0, 0.05) is 21.7 Å². The molecule has 0 aromatic carbocycles. The van der Waals surface area contributed by atoms with Gasteiger partial charge in [0.25, 0.3) is 0 Å². The molecule has 10 heteroatoms. The van der Waals surface area contributed by atoms with Gasteiger partial charge in [0.15, 0.2) is 0 Å². The van der Waals surface area contributed by atoms with Crippen LogP contribution in [-0.2, 0) is 16.6 Å². The fraction of sp³-hybridized carbons (Fsp3) is 0.111. The number of rotatable bonds is 4. The number of halogens is 1. The molecule has 7 nitrogen and oxygen atoms in total. The summed E-state index contributed by atoms with van der Waals surface area (Å²) >= 11 is 4.10. The summed E-state index contributed by atoms with van der Waals surface area (Å²) in [6.45, 7) is -0.0208. The number of aromatic nitrogens is 2. The number of hydrogen-bond acceptors (Lipinski definition) is 6. The highest BCUT2D eigenvalue weighted by molar-refractivity contribution is 9.10. The number of aromatic amines is 1. The number of nitrogen functional groups attached to an aromatic ring is 1. The van der Waals surface area contributed by atoms with Crippen molar-refractivity contribution in [2.45, 2.75) is 11.4 Å². The van der Waals surface area contributed by atoms with Crippen molar-refractivity contribution in [1.82, 2.24) is 14.7 Å². The molecule has 0 amide bonds. The van der Waals surface area contributed by atoms with Gasteiger partial charge in [-0.15, -0.1) is 0 Å². The first-order valence-electron chi connectivity index (χ1n) is 4.96. The molecule has 102 valence electrons. The zero-order valence-corrected chi connectivity index (χ0v) is 12.6. The predicted octanol–water partition coefficient (Wildman–Crippen LogP) is 0.655. The van der Waals surface area contributed by atoms with Crippen LogP contribution < -0.4 is 15.3 Å². The summed E-state index contributed by atoms with van der Waals surface area (Å²) in [6.07, 6.45) is 1.41. The molecule has 0 fully saturated rings. The number of nitrogens with one attached hydrogen (secondary N) is 2. The van der Waals surface area contributed by atoms with E-state index in [1.54, 1.807) is 5.38 Å². The minimum absolute atomic E-state index is 0.0208. The van der Waals surface area contributed by atoms with Gasteiger partial charge < -0.3 is 10.7 Å². The summed E-state index contributed by atoms with van der Waals surface area (Å²) in [5, 5.41) is 1.55. The van der Waals surface area contributed by atoms with Crippen LogP contribution in [0.25, 0.3) is 0 Å². The lowest BCUT2D eigenvalue weighted by Crippen LogP contribution is -2.25. The van der Waals surface area contributed by atoms with Crippen molar-refractivity contribution in [2.75, 3.05) is 5.73 Å². The number of hydrogen-bond donors (Lipinski definition) is 3. The second kappa shape index (κ2) is 5.41. The van der Waals surface area contributed by atoms with Crippen molar-refractivity contribution in [2.24, 2.45) is 0 Å². The maximum atomic E-state index is 12.0. The Morgan fingerprint density at radius 1 is 1.53 bits per heavy atom. The summed E-state index contributed by atoms with van der Waals surface area (Å²) in [6, 6.07) is 1.36. The van der Waals surface area contributed by atoms with Gasteiger partial charge in [-0.3, -0.25) is 4.79 Å². The molecule has 0 bridgehead atoms. The first-order valence-corrected chi connectivity index (χ1v) is 8.11.